The van der Waals surface area contributed by atoms with Crippen LogP contribution in [0.25, 0.3) is 0 Å². The summed E-state index contributed by atoms with van der Waals surface area (Å²) in [7, 11) is 0. The highest BCUT2D eigenvalue weighted by molar-refractivity contribution is 5.76. The van der Waals surface area contributed by atoms with Gasteiger partial charge in [0.2, 0.25) is 5.91 Å². The quantitative estimate of drug-likeness (QED) is 0.740. The minimum atomic E-state index is 0.235. The summed E-state index contributed by atoms with van der Waals surface area (Å²) < 4.78 is 0. The molecule has 1 fully saturated rings. The van der Waals surface area contributed by atoms with Crippen molar-refractivity contribution < 1.29 is 4.79 Å². The first-order chi connectivity index (χ1) is 6.61. The maximum absolute atomic E-state index is 11.4. The van der Waals surface area contributed by atoms with E-state index in [2.05, 4.69) is 19.2 Å². The molecule has 0 radical (unpaired) electrons. The average Bonchev–Trinajstić information content (AvgIpc) is 2.01. The lowest BCUT2D eigenvalue weighted by Crippen LogP contribution is -2.39. The van der Waals surface area contributed by atoms with Crippen molar-refractivity contribution in [3.8, 4) is 0 Å². The number of rotatable bonds is 3. The monoisotopic (exact) mass is 197 g/mol. The molecule has 1 rings (SSSR count). The lowest BCUT2D eigenvalue weighted by atomic mass is 9.80. The molecule has 0 saturated heterocycles. The normalized spacial score (nSPS) is 32.6. The van der Waals surface area contributed by atoms with Gasteiger partial charge in [0.05, 0.1) is 0 Å². The molecule has 0 bridgehead atoms. The van der Waals surface area contributed by atoms with Gasteiger partial charge in [0, 0.05) is 12.5 Å². The van der Waals surface area contributed by atoms with Gasteiger partial charge >= 0.3 is 0 Å². The van der Waals surface area contributed by atoms with Crippen molar-refractivity contribution in [2.24, 2.45) is 11.8 Å². The Morgan fingerprint density at radius 1 is 1.21 bits per heavy atom. The van der Waals surface area contributed by atoms with E-state index in [1.807, 2.05) is 6.92 Å². The van der Waals surface area contributed by atoms with Crippen molar-refractivity contribution in [1.82, 2.24) is 5.32 Å². The van der Waals surface area contributed by atoms with E-state index in [0.717, 1.165) is 18.3 Å². The molecular formula is C12H23NO. The molecule has 0 spiro atoms. The topological polar surface area (TPSA) is 29.1 Å². The summed E-state index contributed by atoms with van der Waals surface area (Å²) in [6.07, 6.45) is 5.28. The molecule has 2 unspecified atom stereocenters. The molecule has 1 aliphatic carbocycles. The lowest BCUT2D eigenvalue weighted by molar-refractivity contribution is -0.122. The molecule has 0 aromatic heterocycles. The van der Waals surface area contributed by atoms with Crippen molar-refractivity contribution in [3.63, 3.8) is 0 Å². The molecule has 14 heavy (non-hydrogen) atoms. The fourth-order valence-corrected chi connectivity index (χ4v) is 2.59. The molecule has 0 aromatic rings. The van der Waals surface area contributed by atoms with Crippen LogP contribution in [0.1, 0.15) is 52.9 Å². The van der Waals surface area contributed by atoms with Crippen molar-refractivity contribution in [1.29, 1.82) is 0 Å². The second kappa shape index (κ2) is 5.38. The summed E-state index contributed by atoms with van der Waals surface area (Å²) in [5.41, 5.74) is 0. The second-order valence-electron chi connectivity index (χ2n) is 4.93. The van der Waals surface area contributed by atoms with Crippen LogP contribution in [0.4, 0.5) is 0 Å². The molecule has 1 saturated carbocycles. The van der Waals surface area contributed by atoms with Crippen LogP contribution in [0.15, 0.2) is 0 Å². The molecule has 82 valence electrons. The number of carbonyl (C=O) groups excluding carboxylic acids is 1. The second-order valence-corrected chi connectivity index (χ2v) is 4.93. The highest BCUT2D eigenvalue weighted by Gasteiger charge is 2.24. The van der Waals surface area contributed by atoms with Crippen LogP contribution in [0.5, 0.6) is 0 Å². The van der Waals surface area contributed by atoms with Crippen molar-refractivity contribution in [2.75, 3.05) is 0 Å². The maximum atomic E-state index is 11.4. The van der Waals surface area contributed by atoms with E-state index in [-0.39, 0.29) is 5.91 Å². The minimum absolute atomic E-state index is 0.235. The first kappa shape index (κ1) is 11.5. The van der Waals surface area contributed by atoms with E-state index in [9.17, 15) is 4.79 Å². The molecule has 1 amide bonds. The summed E-state index contributed by atoms with van der Waals surface area (Å²) in [4.78, 5) is 11.4. The highest BCUT2D eigenvalue weighted by atomic mass is 16.1. The fourth-order valence-electron chi connectivity index (χ4n) is 2.59. The van der Waals surface area contributed by atoms with Gasteiger partial charge in [-0.25, -0.2) is 0 Å². The van der Waals surface area contributed by atoms with Crippen LogP contribution in [-0.4, -0.2) is 11.9 Å². The van der Waals surface area contributed by atoms with Gasteiger partial charge in [-0.3, -0.25) is 4.79 Å². The van der Waals surface area contributed by atoms with Gasteiger partial charge in [-0.15, -0.1) is 0 Å². The lowest BCUT2D eigenvalue weighted by Gasteiger charge is -2.31. The molecule has 2 atom stereocenters. The number of hydrogen-bond donors (Lipinski definition) is 1. The van der Waals surface area contributed by atoms with E-state index in [1.54, 1.807) is 0 Å². The smallest absolute Gasteiger partial charge is 0.220 e. The Balaban J connectivity index is 2.33. The summed E-state index contributed by atoms with van der Waals surface area (Å²) in [5.74, 6) is 1.77. The standard InChI is InChI=1S/C12H23NO/c1-4-5-12(14)13-11-7-9(2)6-10(3)8-11/h9-11H,4-8H2,1-3H3,(H,13,14). The number of carbonyl (C=O) groups is 1. The van der Waals surface area contributed by atoms with E-state index in [4.69, 9.17) is 0 Å². The molecule has 2 heteroatoms. The van der Waals surface area contributed by atoms with Gasteiger partial charge in [-0.05, 0) is 37.5 Å². The van der Waals surface area contributed by atoms with Gasteiger partial charge in [-0.1, -0.05) is 20.8 Å². The van der Waals surface area contributed by atoms with Crippen LogP contribution >= 0.6 is 0 Å². The van der Waals surface area contributed by atoms with Gasteiger partial charge in [0.1, 0.15) is 0 Å². The number of hydrogen-bond acceptors (Lipinski definition) is 1. The van der Waals surface area contributed by atoms with E-state index in [0.29, 0.717) is 12.5 Å². The zero-order valence-electron chi connectivity index (χ0n) is 9.68. The van der Waals surface area contributed by atoms with Crippen LogP contribution < -0.4 is 5.32 Å². The summed E-state index contributed by atoms with van der Waals surface area (Å²) in [6, 6.07) is 0.438. The molecule has 1 aliphatic rings. The molecule has 2 nitrogen and oxygen atoms in total. The predicted molar refractivity (Wildman–Crippen MR) is 59.0 cm³/mol. The fraction of sp³-hybridized carbons (Fsp3) is 0.917. The molecule has 0 heterocycles. The first-order valence-electron chi connectivity index (χ1n) is 5.91. The Kier molecular flexibility index (Phi) is 4.43. The van der Waals surface area contributed by atoms with Gasteiger partial charge in [0.15, 0.2) is 0 Å². The number of nitrogens with one attached hydrogen (secondary N) is 1. The first-order valence-corrected chi connectivity index (χ1v) is 5.91. The average molecular weight is 197 g/mol. The molecule has 0 aliphatic heterocycles. The highest BCUT2D eigenvalue weighted by Crippen LogP contribution is 2.28. The Morgan fingerprint density at radius 3 is 2.29 bits per heavy atom. The third-order valence-corrected chi connectivity index (χ3v) is 3.02. The SMILES string of the molecule is CCCC(=O)NC1CC(C)CC(C)C1. The van der Waals surface area contributed by atoms with Gasteiger partial charge in [0.25, 0.3) is 0 Å². The Hall–Kier alpha value is -0.530. The maximum Gasteiger partial charge on any atom is 0.220 e. The van der Waals surface area contributed by atoms with Crippen LogP contribution in [0, 0.1) is 11.8 Å². The third kappa shape index (κ3) is 3.69. The summed E-state index contributed by atoms with van der Waals surface area (Å²) >= 11 is 0. The summed E-state index contributed by atoms with van der Waals surface area (Å²) in [5, 5.41) is 3.14. The summed E-state index contributed by atoms with van der Waals surface area (Å²) in [6.45, 7) is 6.62. The predicted octanol–water partition coefficient (Wildman–Crippen LogP) is 2.73. The minimum Gasteiger partial charge on any atom is -0.353 e. The van der Waals surface area contributed by atoms with Gasteiger partial charge in [-0.2, -0.15) is 0 Å². The Morgan fingerprint density at radius 2 is 1.79 bits per heavy atom. The van der Waals surface area contributed by atoms with Gasteiger partial charge < -0.3 is 5.32 Å². The zero-order valence-corrected chi connectivity index (χ0v) is 9.68. The van der Waals surface area contributed by atoms with Crippen molar-refractivity contribution in [3.05, 3.63) is 0 Å². The largest absolute Gasteiger partial charge is 0.353 e. The van der Waals surface area contributed by atoms with Crippen LogP contribution in [-0.2, 0) is 4.79 Å². The molecule has 1 N–H and O–H groups in total. The Labute approximate surface area is 87.5 Å². The third-order valence-electron chi connectivity index (χ3n) is 3.02. The molecular weight excluding hydrogens is 174 g/mol. The Bertz CT molecular complexity index is 181. The van der Waals surface area contributed by atoms with Crippen molar-refractivity contribution >= 4 is 5.91 Å². The van der Waals surface area contributed by atoms with Crippen LogP contribution in [0.3, 0.4) is 0 Å². The van der Waals surface area contributed by atoms with Crippen LogP contribution in [0.2, 0.25) is 0 Å². The zero-order chi connectivity index (χ0) is 10.6. The van der Waals surface area contributed by atoms with E-state index < -0.39 is 0 Å². The van der Waals surface area contributed by atoms with E-state index >= 15 is 0 Å². The molecule has 0 aromatic carbocycles. The number of amides is 1. The van der Waals surface area contributed by atoms with E-state index in [1.165, 1.54) is 19.3 Å². The van der Waals surface area contributed by atoms with Crippen molar-refractivity contribution in [2.45, 2.75) is 58.9 Å².